The molecule has 0 aliphatic carbocycles. The molecule has 0 radical (unpaired) electrons. The van der Waals surface area contributed by atoms with Gasteiger partial charge < -0.3 is 0 Å². The van der Waals surface area contributed by atoms with Crippen LogP contribution in [0.25, 0.3) is 0 Å². The van der Waals surface area contributed by atoms with Gasteiger partial charge in [-0.25, -0.2) is 0 Å². The van der Waals surface area contributed by atoms with Gasteiger partial charge in [0.15, 0.2) is 0 Å². The Bertz CT molecular complexity index is 186. The second-order valence-corrected chi connectivity index (χ2v) is 4.38. The fourth-order valence-electron chi connectivity index (χ4n) is 0.315. The van der Waals surface area contributed by atoms with Crippen molar-refractivity contribution in [2.75, 3.05) is 0 Å². The summed E-state index contributed by atoms with van der Waals surface area (Å²) < 4.78 is 2.25. The van der Waals surface area contributed by atoms with Crippen LogP contribution in [-0.4, -0.2) is 13.3 Å². The molecule has 0 saturated carbocycles. The topological polar surface area (TPSA) is 24.4 Å². The normalized spacial score (nSPS) is 18.4. The Balaban J connectivity index is 2.85. The van der Waals surface area contributed by atoms with E-state index < -0.39 is 0 Å². The summed E-state index contributed by atoms with van der Waals surface area (Å²) in [5, 5.41) is 3.43. The molecule has 1 rings (SSSR count). The summed E-state index contributed by atoms with van der Waals surface area (Å²) in [6.45, 7) is 0. The molecule has 8 heavy (non-hydrogen) atoms. The molecular formula is C3HClN2W2. The number of halogens is 1. The summed E-state index contributed by atoms with van der Waals surface area (Å²) >= 11 is 8.29. The van der Waals surface area contributed by atoms with E-state index in [1.54, 1.807) is 0 Å². The maximum atomic E-state index is 5.53. The first kappa shape index (κ1) is 6.99. The number of rotatable bonds is 0. The second-order valence-electron chi connectivity index (χ2n) is 1.16. The number of aliphatic imine (C=N–C) groups is 1. The van der Waals surface area contributed by atoms with Gasteiger partial charge in [0.1, 0.15) is 0 Å². The number of nitrogens with zero attached hydrogens (tertiary/aromatic N) is 1. The van der Waals surface area contributed by atoms with Crippen LogP contribution < -0.4 is 5.32 Å². The Morgan fingerprint density at radius 1 is 1.50 bits per heavy atom. The Hall–Kier alpha value is 0.877. The summed E-state index contributed by atoms with van der Waals surface area (Å²) in [4.78, 5) is 3.98. The quantitative estimate of drug-likeness (QED) is 0.479. The van der Waals surface area contributed by atoms with Gasteiger partial charge in [-0.1, -0.05) is 0 Å². The Morgan fingerprint density at radius 3 is 2.25 bits per heavy atom. The van der Waals surface area contributed by atoms with E-state index in [9.17, 15) is 0 Å². The van der Waals surface area contributed by atoms with Crippen LogP contribution in [0.1, 0.15) is 0 Å². The van der Waals surface area contributed by atoms with Crippen LogP contribution in [0.3, 0.4) is 0 Å². The van der Waals surface area contributed by atoms with E-state index in [0.29, 0.717) is 5.29 Å². The monoisotopic (exact) mass is 468 g/mol. The van der Waals surface area contributed by atoms with Crippen LogP contribution in [-0.2, 0) is 38.7 Å². The molecule has 0 spiro atoms. The standard InChI is InChI=1S/C3HClN2.2W/c4-3-5-1-2-6-3;;/h5H;;. The third-order valence-corrected chi connectivity index (χ3v) is 4.93. The van der Waals surface area contributed by atoms with E-state index >= 15 is 0 Å². The molecule has 42 valence electrons. The fraction of sp³-hybridized carbons (Fsp3) is 0. The van der Waals surface area contributed by atoms with Crippen molar-refractivity contribution in [1.29, 1.82) is 0 Å². The van der Waals surface area contributed by atoms with Gasteiger partial charge in [-0.05, 0) is 0 Å². The predicted octanol–water partition coefficient (Wildman–Crippen LogP) is -0.462. The van der Waals surface area contributed by atoms with Crippen molar-refractivity contribution in [3.63, 3.8) is 0 Å². The third kappa shape index (κ3) is 1.43. The van der Waals surface area contributed by atoms with Crippen molar-refractivity contribution >= 4 is 24.9 Å². The van der Waals surface area contributed by atoms with Crippen LogP contribution in [0.2, 0.25) is 0 Å². The van der Waals surface area contributed by atoms with Crippen molar-refractivity contribution in [2.45, 2.75) is 0 Å². The van der Waals surface area contributed by atoms with Gasteiger partial charge in [0.2, 0.25) is 0 Å². The Morgan fingerprint density at radius 2 is 2.12 bits per heavy atom. The molecule has 2 nitrogen and oxygen atoms in total. The van der Waals surface area contributed by atoms with Crippen molar-refractivity contribution in [2.24, 2.45) is 4.99 Å². The molecule has 1 heterocycles. The Labute approximate surface area is 73.5 Å². The van der Waals surface area contributed by atoms with Crippen molar-refractivity contribution in [1.82, 2.24) is 5.32 Å². The zero-order chi connectivity index (χ0) is 6.15. The average molecular weight is 468 g/mol. The second kappa shape index (κ2) is 2.64. The van der Waals surface area contributed by atoms with Gasteiger partial charge in [-0.3, -0.25) is 0 Å². The molecular weight excluding hydrogens is 467 g/mol. The van der Waals surface area contributed by atoms with E-state index in [4.69, 9.17) is 11.6 Å². The van der Waals surface area contributed by atoms with Crippen molar-refractivity contribution < 1.29 is 38.7 Å². The zero-order valence-electron chi connectivity index (χ0n) is 3.64. The first-order chi connectivity index (χ1) is 3.70. The first-order valence-corrected chi connectivity index (χ1v) is 5.11. The molecule has 0 aromatic carbocycles. The van der Waals surface area contributed by atoms with E-state index in [0.717, 1.165) is 8.04 Å². The summed E-state index contributed by atoms with van der Waals surface area (Å²) in [6, 6.07) is 0. The molecule has 0 saturated heterocycles. The van der Waals surface area contributed by atoms with Crippen LogP contribution in [0, 0.1) is 0 Å². The Kier molecular flexibility index (Phi) is 2.31. The van der Waals surface area contributed by atoms with Crippen LogP contribution in [0.4, 0.5) is 0 Å². The summed E-state index contributed by atoms with van der Waals surface area (Å²) in [5.41, 5.74) is 0. The van der Waals surface area contributed by atoms with E-state index in [1.807, 2.05) is 0 Å². The van der Waals surface area contributed by atoms with Crippen LogP contribution in [0.15, 0.2) is 4.99 Å². The molecule has 0 fully saturated rings. The van der Waals surface area contributed by atoms with Gasteiger partial charge >= 0.3 is 74.0 Å². The van der Waals surface area contributed by atoms with Crippen molar-refractivity contribution in [3.8, 4) is 0 Å². The first-order valence-electron chi connectivity index (χ1n) is 1.79. The summed E-state index contributed by atoms with van der Waals surface area (Å²) in [5.74, 6) is 0. The SMILES string of the molecule is ClC1=N[C](=[W])[C](=[W])N1. The molecule has 0 atom stereocenters. The summed E-state index contributed by atoms with van der Waals surface area (Å²) in [7, 11) is 0. The van der Waals surface area contributed by atoms with Crippen LogP contribution in [0.5, 0.6) is 0 Å². The molecule has 0 aromatic heterocycles. The molecule has 1 aliphatic rings. The van der Waals surface area contributed by atoms with Gasteiger partial charge in [0.05, 0.1) is 0 Å². The molecule has 5 heteroatoms. The zero-order valence-corrected chi connectivity index (χ0v) is 10.3. The molecule has 1 aliphatic heterocycles. The van der Waals surface area contributed by atoms with E-state index in [1.165, 1.54) is 38.7 Å². The fourth-order valence-corrected chi connectivity index (χ4v) is 1.94. The van der Waals surface area contributed by atoms with Gasteiger partial charge in [0, 0.05) is 0 Å². The van der Waals surface area contributed by atoms with E-state index in [-0.39, 0.29) is 0 Å². The maximum absolute atomic E-state index is 5.53. The number of amidine groups is 1. The van der Waals surface area contributed by atoms with Crippen molar-refractivity contribution in [3.05, 3.63) is 0 Å². The van der Waals surface area contributed by atoms with E-state index in [2.05, 4.69) is 10.3 Å². The molecule has 0 bridgehead atoms. The third-order valence-electron chi connectivity index (χ3n) is 0.611. The molecule has 0 aromatic rings. The number of nitrogens with one attached hydrogen (secondary N) is 1. The minimum atomic E-state index is 0.514. The molecule has 0 amide bonds. The van der Waals surface area contributed by atoms with Crippen LogP contribution >= 0.6 is 11.6 Å². The predicted molar refractivity (Wildman–Crippen MR) is 26.4 cm³/mol. The average Bonchev–Trinajstić information content (AvgIpc) is 1.85. The van der Waals surface area contributed by atoms with Gasteiger partial charge in [0.25, 0.3) is 0 Å². The molecule has 1 N–H and O–H groups in total. The minimum absolute atomic E-state index is 0.514. The summed E-state index contributed by atoms with van der Waals surface area (Å²) in [6.07, 6.45) is 0. The number of hydrogen-bond donors (Lipinski definition) is 1. The number of hydrogen-bond acceptors (Lipinski definition) is 2. The van der Waals surface area contributed by atoms with Gasteiger partial charge in [-0.2, -0.15) is 0 Å². The van der Waals surface area contributed by atoms with Gasteiger partial charge in [-0.15, -0.1) is 0 Å². The molecule has 0 unspecified atom stereocenters.